The standard InChI is InChI=1S/C21H36N4O2/c1-4-27-19-12-11-18(17-20(19)26-3)24-21(22-2)23-13-7-5-8-14-25-15-9-6-10-16-25/h11-12,17H,4-10,13-16H2,1-3H3,(H2,22,23,24). The number of likely N-dealkylation sites (tertiary alicyclic amines) is 1. The van der Waals surface area contributed by atoms with E-state index in [9.17, 15) is 0 Å². The minimum atomic E-state index is 0.615. The van der Waals surface area contributed by atoms with Crippen molar-refractivity contribution in [2.24, 2.45) is 4.99 Å². The maximum absolute atomic E-state index is 5.56. The van der Waals surface area contributed by atoms with Crippen LogP contribution in [-0.2, 0) is 0 Å². The second-order valence-corrected chi connectivity index (χ2v) is 6.89. The van der Waals surface area contributed by atoms with E-state index in [0.717, 1.165) is 36.1 Å². The van der Waals surface area contributed by atoms with E-state index in [1.807, 2.05) is 25.1 Å². The molecule has 2 N–H and O–H groups in total. The van der Waals surface area contributed by atoms with Gasteiger partial charge >= 0.3 is 0 Å². The molecular weight excluding hydrogens is 340 g/mol. The summed E-state index contributed by atoms with van der Waals surface area (Å²) >= 11 is 0. The number of anilines is 1. The van der Waals surface area contributed by atoms with Gasteiger partial charge in [-0.2, -0.15) is 0 Å². The number of nitrogens with zero attached hydrogens (tertiary/aromatic N) is 2. The van der Waals surface area contributed by atoms with Gasteiger partial charge in [-0.3, -0.25) is 4.99 Å². The lowest BCUT2D eigenvalue weighted by atomic mass is 10.1. The van der Waals surface area contributed by atoms with Crippen LogP contribution in [0.5, 0.6) is 11.5 Å². The highest BCUT2D eigenvalue weighted by molar-refractivity contribution is 5.93. The average Bonchev–Trinajstić information content (AvgIpc) is 2.71. The summed E-state index contributed by atoms with van der Waals surface area (Å²) in [5.74, 6) is 2.24. The monoisotopic (exact) mass is 376 g/mol. The highest BCUT2D eigenvalue weighted by Gasteiger charge is 2.09. The van der Waals surface area contributed by atoms with Gasteiger partial charge in [0.25, 0.3) is 0 Å². The minimum absolute atomic E-state index is 0.615. The number of ether oxygens (including phenoxy) is 2. The van der Waals surface area contributed by atoms with Crippen molar-refractivity contribution in [3.63, 3.8) is 0 Å². The largest absolute Gasteiger partial charge is 0.493 e. The SMILES string of the molecule is CCOc1ccc(NC(=NC)NCCCCCN2CCCCC2)cc1OC. The Balaban J connectivity index is 1.67. The van der Waals surface area contributed by atoms with Crippen molar-refractivity contribution >= 4 is 11.6 Å². The summed E-state index contributed by atoms with van der Waals surface area (Å²) in [6.07, 6.45) is 7.84. The Bertz CT molecular complexity index is 571. The van der Waals surface area contributed by atoms with E-state index in [0.29, 0.717) is 6.61 Å². The molecule has 0 amide bonds. The number of hydrogen-bond donors (Lipinski definition) is 2. The fourth-order valence-electron chi connectivity index (χ4n) is 3.36. The van der Waals surface area contributed by atoms with Gasteiger partial charge in [0.15, 0.2) is 17.5 Å². The second-order valence-electron chi connectivity index (χ2n) is 6.89. The Kier molecular flexibility index (Phi) is 9.84. The molecule has 0 radical (unpaired) electrons. The van der Waals surface area contributed by atoms with Crippen LogP contribution in [0, 0.1) is 0 Å². The number of methoxy groups -OCH3 is 1. The average molecular weight is 377 g/mol. The first-order valence-corrected chi connectivity index (χ1v) is 10.3. The molecule has 0 saturated carbocycles. The highest BCUT2D eigenvalue weighted by atomic mass is 16.5. The number of hydrogen-bond acceptors (Lipinski definition) is 4. The van der Waals surface area contributed by atoms with Gasteiger partial charge in [-0.1, -0.05) is 12.8 Å². The van der Waals surface area contributed by atoms with E-state index in [1.165, 1.54) is 51.7 Å². The third-order valence-electron chi connectivity index (χ3n) is 4.84. The van der Waals surface area contributed by atoms with Crippen molar-refractivity contribution in [3.05, 3.63) is 18.2 Å². The van der Waals surface area contributed by atoms with Crippen molar-refractivity contribution in [2.75, 3.05) is 52.3 Å². The molecule has 1 aliphatic rings. The number of guanidine groups is 1. The van der Waals surface area contributed by atoms with Crippen molar-refractivity contribution in [1.82, 2.24) is 10.2 Å². The van der Waals surface area contributed by atoms with E-state index in [1.54, 1.807) is 14.2 Å². The number of nitrogens with one attached hydrogen (secondary N) is 2. The molecule has 0 aliphatic carbocycles. The van der Waals surface area contributed by atoms with E-state index < -0.39 is 0 Å². The van der Waals surface area contributed by atoms with Crippen LogP contribution in [0.25, 0.3) is 0 Å². The Morgan fingerprint density at radius 1 is 1.11 bits per heavy atom. The minimum Gasteiger partial charge on any atom is -0.493 e. The van der Waals surface area contributed by atoms with Crippen LogP contribution in [0.1, 0.15) is 45.4 Å². The second kappa shape index (κ2) is 12.4. The summed E-state index contributed by atoms with van der Waals surface area (Å²) in [6, 6.07) is 5.81. The fourth-order valence-corrected chi connectivity index (χ4v) is 3.36. The Hall–Kier alpha value is -1.95. The van der Waals surface area contributed by atoms with E-state index >= 15 is 0 Å². The van der Waals surface area contributed by atoms with Crippen molar-refractivity contribution < 1.29 is 9.47 Å². The van der Waals surface area contributed by atoms with Crippen LogP contribution in [0.4, 0.5) is 5.69 Å². The lowest BCUT2D eigenvalue weighted by Gasteiger charge is -2.26. The highest BCUT2D eigenvalue weighted by Crippen LogP contribution is 2.30. The Labute approximate surface area is 164 Å². The van der Waals surface area contributed by atoms with Gasteiger partial charge in [0.05, 0.1) is 13.7 Å². The molecule has 1 aromatic carbocycles. The van der Waals surface area contributed by atoms with Gasteiger partial charge in [-0.25, -0.2) is 0 Å². The third-order valence-corrected chi connectivity index (χ3v) is 4.84. The zero-order valence-corrected chi connectivity index (χ0v) is 17.2. The summed E-state index contributed by atoms with van der Waals surface area (Å²) in [5.41, 5.74) is 0.925. The molecule has 1 fully saturated rings. The van der Waals surface area contributed by atoms with Gasteiger partial charge in [-0.05, 0) is 64.4 Å². The number of aliphatic imine (C=N–C) groups is 1. The van der Waals surface area contributed by atoms with Crippen LogP contribution in [0.3, 0.4) is 0 Å². The zero-order chi connectivity index (χ0) is 19.3. The molecule has 1 aromatic rings. The number of piperidine rings is 1. The van der Waals surface area contributed by atoms with Crippen LogP contribution in [-0.4, -0.2) is 57.8 Å². The van der Waals surface area contributed by atoms with Gasteiger partial charge in [-0.15, -0.1) is 0 Å². The topological polar surface area (TPSA) is 58.1 Å². The smallest absolute Gasteiger partial charge is 0.195 e. The molecule has 1 heterocycles. The lowest BCUT2D eigenvalue weighted by Crippen LogP contribution is -2.32. The summed E-state index contributed by atoms with van der Waals surface area (Å²) in [7, 11) is 3.44. The summed E-state index contributed by atoms with van der Waals surface area (Å²) < 4.78 is 11.0. The molecule has 152 valence electrons. The van der Waals surface area contributed by atoms with Crippen molar-refractivity contribution in [1.29, 1.82) is 0 Å². The first-order valence-electron chi connectivity index (χ1n) is 10.3. The molecular formula is C21H36N4O2. The van der Waals surface area contributed by atoms with Crippen molar-refractivity contribution in [3.8, 4) is 11.5 Å². The van der Waals surface area contributed by atoms with Gasteiger partial charge < -0.3 is 25.0 Å². The first kappa shape index (κ1) is 21.4. The summed E-state index contributed by atoms with van der Waals surface area (Å²) in [4.78, 5) is 6.91. The molecule has 0 aromatic heterocycles. The molecule has 6 heteroatoms. The molecule has 2 rings (SSSR count). The molecule has 1 saturated heterocycles. The molecule has 0 unspecified atom stereocenters. The zero-order valence-electron chi connectivity index (χ0n) is 17.2. The van der Waals surface area contributed by atoms with Gasteiger partial charge in [0.1, 0.15) is 0 Å². The maximum Gasteiger partial charge on any atom is 0.195 e. The van der Waals surface area contributed by atoms with E-state index in [-0.39, 0.29) is 0 Å². The quantitative estimate of drug-likeness (QED) is 0.370. The fraction of sp³-hybridized carbons (Fsp3) is 0.667. The molecule has 1 aliphatic heterocycles. The van der Waals surface area contributed by atoms with Gasteiger partial charge in [0.2, 0.25) is 0 Å². The molecule has 0 spiro atoms. The summed E-state index contributed by atoms with van der Waals surface area (Å²) in [5, 5.41) is 6.70. The number of rotatable bonds is 10. The Morgan fingerprint density at radius 3 is 2.63 bits per heavy atom. The number of benzene rings is 1. The van der Waals surface area contributed by atoms with Crippen LogP contribution in [0.2, 0.25) is 0 Å². The van der Waals surface area contributed by atoms with Crippen LogP contribution in [0.15, 0.2) is 23.2 Å². The van der Waals surface area contributed by atoms with E-state index in [4.69, 9.17) is 9.47 Å². The Morgan fingerprint density at radius 2 is 1.93 bits per heavy atom. The molecule has 0 bridgehead atoms. The predicted octanol–water partition coefficient (Wildman–Crippen LogP) is 3.74. The number of unbranched alkanes of at least 4 members (excludes halogenated alkanes) is 2. The van der Waals surface area contributed by atoms with Crippen molar-refractivity contribution in [2.45, 2.75) is 45.4 Å². The first-order chi connectivity index (χ1) is 13.3. The lowest BCUT2D eigenvalue weighted by molar-refractivity contribution is 0.224. The summed E-state index contributed by atoms with van der Waals surface area (Å²) in [6.45, 7) is 7.33. The molecule has 27 heavy (non-hydrogen) atoms. The van der Waals surface area contributed by atoms with E-state index in [2.05, 4.69) is 20.5 Å². The van der Waals surface area contributed by atoms with Gasteiger partial charge in [0, 0.05) is 25.3 Å². The van der Waals surface area contributed by atoms with Crippen LogP contribution >= 0.6 is 0 Å². The molecule has 0 atom stereocenters. The maximum atomic E-state index is 5.56. The normalized spacial score (nSPS) is 15.4. The predicted molar refractivity (Wildman–Crippen MR) is 113 cm³/mol. The third kappa shape index (κ3) is 7.67. The molecule has 6 nitrogen and oxygen atoms in total. The van der Waals surface area contributed by atoms with Crippen LogP contribution < -0.4 is 20.1 Å².